The molecule has 0 saturated heterocycles. The van der Waals surface area contributed by atoms with E-state index in [9.17, 15) is 27.6 Å². The average molecular weight is 554 g/mol. The Hall–Kier alpha value is -3.44. The number of halogens is 4. The van der Waals surface area contributed by atoms with Gasteiger partial charge in [-0.1, -0.05) is 25.8 Å². The van der Waals surface area contributed by atoms with Gasteiger partial charge < -0.3 is 15.5 Å². The largest absolute Gasteiger partial charge is 0.406 e. The number of hydrogen-bond acceptors (Lipinski definition) is 4. The van der Waals surface area contributed by atoms with Crippen molar-refractivity contribution in [1.82, 2.24) is 20.0 Å². The molecule has 1 aliphatic carbocycles. The first-order valence-electron chi connectivity index (χ1n) is 13.0. The van der Waals surface area contributed by atoms with Crippen LogP contribution in [0.25, 0.3) is 0 Å². The lowest BCUT2D eigenvalue weighted by atomic mass is 9.79. The number of hydrogen-bond donors (Lipinski definition) is 2. The first-order valence-corrected chi connectivity index (χ1v) is 13.0. The molecule has 2 aromatic rings. The second kappa shape index (κ2) is 12.6. The summed E-state index contributed by atoms with van der Waals surface area (Å²) < 4.78 is 54.5. The quantitative estimate of drug-likeness (QED) is 0.439. The minimum absolute atomic E-state index is 0.146. The fraction of sp³-hybridized carbons (Fsp3) is 0.556. The van der Waals surface area contributed by atoms with Gasteiger partial charge in [-0.15, -0.1) is 0 Å². The summed E-state index contributed by atoms with van der Waals surface area (Å²) in [5.41, 5.74) is 0.321. The smallest absolute Gasteiger partial charge is 0.339 e. The van der Waals surface area contributed by atoms with E-state index in [1.807, 2.05) is 6.92 Å². The molecule has 39 heavy (non-hydrogen) atoms. The van der Waals surface area contributed by atoms with Crippen molar-refractivity contribution in [3.8, 4) is 0 Å². The van der Waals surface area contributed by atoms with Gasteiger partial charge in [0.15, 0.2) is 0 Å². The number of nitrogens with zero attached hydrogens (tertiary/aromatic N) is 3. The topological polar surface area (TPSA) is 96.3 Å². The van der Waals surface area contributed by atoms with Crippen molar-refractivity contribution in [3.05, 3.63) is 47.5 Å². The Morgan fingerprint density at radius 3 is 2.41 bits per heavy atom. The summed E-state index contributed by atoms with van der Waals surface area (Å²) in [6.45, 7) is 4.41. The van der Waals surface area contributed by atoms with Gasteiger partial charge in [-0.25, -0.2) is 4.39 Å². The Balaban J connectivity index is 1.76. The molecule has 1 aliphatic rings. The number of rotatable bonds is 9. The van der Waals surface area contributed by atoms with E-state index in [1.165, 1.54) is 29.9 Å². The van der Waals surface area contributed by atoms with E-state index in [-0.39, 0.29) is 17.2 Å². The summed E-state index contributed by atoms with van der Waals surface area (Å²) in [4.78, 5) is 39.4. The van der Waals surface area contributed by atoms with Gasteiger partial charge in [0, 0.05) is 19.8 Å². The van der Waals surface area contributed by atoms with E-state index in [0.717, 1.165) is 38.8 Å². The van der Waals surface area contributed by atoms with E-state index in [0.29, 0.717) is 23.1 Å². The van der Waals surface area contributed by atoms with Gasteiger partial charge >= 0.3 is 6.18 Å². The SMILES string of the molecule is CCn1nccc1C(=O)N[C@H](C(=O)Nc1ccc([C@H](C)C(=O)N(C)CC(F)(F)F)cc1F)C1CCC(C)CC1. The second-order valence-corrected chi connectivity index (χ2v) is 10.3. The van der Waals surface area contributed by atoms with Gasteiger partial charge in [-0.2, -0.15) is 18.3 Å². The monoisotopic (exact) mass is 553 g/mol. The molecule has 0 unspecified atom stereocenters. The highest BCUT2D eigenvalue weighted by molar-refractivity contribution is 6.00. The van der Waals surface area contributed by atoms with Crippen LogP contribution in [0.4, 0.5) is 23.2 Å². The van der Waals surface area contributed by atoms with Crippen LogP contribution in [0.5, 0.6) is 0 Å². The van der Waals surface area contributed by atoms with Crippen LogP contribution in [0, 0.1) is 17.7 Å². The molecule has 3 amide bonds. The van der Waals surface area contributed by atoms with Gasteiger partial charge in [0.2, 0.25) is 11.8 Å². The molecule has 214 valence electrons. The van der Waals surface area contributed by atoms with Gasteiger partial charge in [0.05, 0.1) is 11.6 Å². The average Bonchev–Trinajstić information content (AvgIpc) is 3.36. The standard InChI is InChI=1S/C27H35F4N5O3/c1-5-36-22(12-13-32-36)24(37)34-23(18-8-6-16(2)7-9-18)25(38)33-21-11-10-19(14-20(21)28)17(3)26(39)35(4)15-27(29,30)31/h10-14,16-18,23H,5-9,15H2,1-4H3,(H,33,38)(H,34,37)/t16?,17-,18?,23-/m0/s1. The third-order valence-corrected chi connectivity index (χ3v) is 7.26. The lowest BCUT2D eigenvalue weighted by Crippen LogP contribution is -2.49. The number of benzene rings is 1. The Labute approximate surface area is 225 Å². The molecule has 1 saturated carbocycles. The minimum atomic E-state index is -4.55. The number of carbonyl (C=O) groups excluding carboxylic acids is 3. The summed E-state index contributed by atoms with van der Waals surface area (Å²) in [7, 11) is 1.03. The molecule has 1 fully saturated rings. The van der Waals surface area contributed by atoms with Crippen LogP contribution in [0.1, 0.15) is 68.4 Å². The van der Waals surface area contributed by atoms with Crippen molar-refractivity contribution < 1.29 is 31.9 Å². The van der Waals surface area contributed by atoms with E-state index < -0.39 is 48.2 Å². The Kier molecular flexibility index (Phi) is 9.73. The van der Waals surface area contributed by atoms with E-state index in [2.05, 4.69) is 22.7 Å². The molecular weight excluding hydrogens is 518 g/mol. The first-order chi connectivity index (χ1) is 18.3. The van der Waals surface area contributed by atoms with Gasteiger partial charge in [-0.05, 0) is 62.3 Å². The molecule has 1 heterocycles. The highest BCUT2D eigenvalue weighted by atomic mass is 19.4. The minimum Gasteiger partial charge on any atom is -0.339 e. The third-order valence-electron chi connectivity index (χ3n) is 7.26. The van der Waals surface area contributed by atoms with Crippen molar-refractivity contribution in [2.75, 3.05) is 18.9 Å². The van der Waals surface area contributed by atoms with Crippen LogP contribution in [0.2, 0.25) is 0 Å². The molecular formula is C27H35F4N5O3. The van der Waals surface area contributed by atoms with Crippen LogP contribution >= 0.6 is 0 Å². The van der Waals surface area contributed by atoms with Crippen LogP contribution < -0.4 is 10.6 Å². The lowest BCUT2D eigenvalue weighted by molar-refractivity contribution is -0.159. The van der Waals surface area contributed by atoms with E-state index in [4.69, 9.17) is 0 Å². The summed E-state index contributed by atoms with van der Waals surface area (Å²) >= 11 is 0. The summed E-state index contributed by atoms with van der Waals surface area (Å²) in [5.74, 6) is -3.37. The Morgan fingerprint density at radius 1 is 1.15 bits per heavy atom. The number of aryl methyl sites for hydroxylation is 1. The fourth-order valence-electron chi connectivity index (χ4n) is 4.94. The van der Waals surface area contributed by atoms with E-state index in [1.54, 1.807) is 6.07 Å². The number of nitrogens with one attached hydrogen (secondary N) is 2. The molecule has 2 atom stereocenters. The van der Waals surface area contributed by atoms with Crippen molar-refractivity contribution in [2.24, 2.45) is 11.8 Å². The number of alkyl halides is 3. The molecule has 12 heteroatoms. The van der Waals surface area contributed by atoms with Crippen LogP contribution in [-0.2, 0) is 16.1 Å². The van der Waals surface area contributed by atoms with E-state index >= 15 is 4.39 Å². The first kappa shape index (κ1) is 30.1. The van der Waals surface area contributed by atoms with Gasteiger partial charge in [0.1, 0.15) is 24.1 Å². The highest BCUT2D eigenvalue weighted by Crippen LogP contribution is 2.32. The second-order valence-electron chi connectivity index (χ2n) is 10.3. The van der Waals surface area contributed by atoms with Crippen LogP contribution in [-0.4, -0.2) is 58.2 Å². The van der Waals surface area contributed by atoms with Crippen molar-refractivity contribution in [3.63, 3.8) is 0 Å². The molecule has 0 aliphatic heterocycles. The van der Waals surface area contributed by atoms with Crippen LogP contribution in [0.3, 0.4) is 0 Å². The van der Waals surface area contributed by atoms with Crippen molar-refractivity contribution in [1.29, 1.82) is 0 Å². The predicted molar refractivity (Wildman–Crippen MR) is 137 cm³/mol. The fourth-order valence-corrected chi connectivity index (χ4v) is 4.94. The predicted octanol–water partition coefficient (Wildman–Crippen LogP) is 4.73. The zero-order chi connectivity index (χ0) is 28.9. The Morgan fingerprint density at radius 2 is 1.82 bits per heavy atom. The molecule has 1 aromatic carbocycles. The molecule has 0 spiro atoms. The molecule has 2 N–H and O–H groups in total. The number of anilines is 1. The molecule has 0 radical (unpaired) electrons. The van der Waals surface area contributed by atoms with Gasteiger partial charge in [0.25, 0.3) is 5.91 Å². The molecule has 0 bridgehead atoms. The maximum Gasteiger partial charge on any atom is 0.406 e. The maximum atomic E-state index is 15.0. The number of amides is 3. The van der Waals surface area contributed by atoms with Crippen molar-refractivity contribution in [2.45, 2.75) is 71.1 Å². The molecule has 3 rings (SSSR count). The zero-order valence-corrected chi connectivity index (χ0v) is 22.5. The normalized spacial score (nSPS) is 19.2. The van der Waals surface area contributed by atoms with Gasteiger partial charge in [-0.3, -0.25) is 19.1 Å². The Bertz CT molecular complexity index is 1170. The number of carbonyl (C=O) groups is 3. The number of aromatic nitrogens is 2. The highest BCUT2D eigenvalue weighted by Gasteiger charge is 2.35. The zero-order valence-electron chi connectivity index (χ0n) is 22.5. The summed E-state index contributed by atoms with van der Waals surface area (Å²) in [5, 5.41) is 9.47. The molecule has 8 nitrogen and oxygen atoms in total. The number of likely N-dealkylation sites (N-methyl/N-ethyl adjacent to an activating group) is 1. The lowest BCUT2D eigenvalue weighted by Gasteiger charge is -2.32. The summed E-state index contributed by atoms with van der Waals surface area (Å²) in [6.07, 6.45) is 0.184. The summed E-state index contributed by atoms with van der Waals surface area (Å²) in [6, 6.07) is 4.32. The van der Waals surface area contributed by atoms with Crippen molar-refractivity contribution >= 4 is 23.4 Å². The third kappa shape index (κ3) is 7.79. The molecule has 1 aromatic heterocycles. The maximum absolute atomic E-state index is 15.0. The van der Waals surface area contributed by atoms with Crippen LogP contribution in [0.15, 0.2) is 30.5 Å².